The van der Waals surface area contributed by atoms with E-state index in [1.807, 2.05) is 45.7 Å². The lowest BCUT2D eigenvalue weighted by Crippen LogP contribution is -2.49. The number of amides is 1. The van der Waals surface area contributed by atoms with Gasteiger partial charge in [-0.05, 0) is 62.7 Å². The number of nitrogens with zero attached hydrogens (tertiary/aromatic N) is 4. The van der Waals surface area contributed by atoms with Crippen molar-refractivity contribution in [3.8, 4) is 5.69 Å². The molecule has 2 fully saturated rings. The van der Waals surface area contributed by atoms with E-state index in [0.29, 0.717) is 42.5 Å². The first kappa shape index (κ1) is 22.9. The molecule has 0 aliphatic carbocycles. The zero-order valence-corrected chi connectivity index (χ0v) is 20.1. The number of anilines is 1. The average molecular weight is 482 g/mol. The molecule has 1 N–H and O–H groups in total. The number of carbonyl (C=O) groups excluding carboxylic acids is 1. The van der Waals surface area contributed by atoms with Gasteiger partial charge in [0.25, 0.3) is 5.91 Å². The first-order chi connectivity index (χ1) is 16.5. The molecule has 2 saturated heterocycles. The Bertz CT molecular complexity index is 1180. The summed E-state index contributed by atoms with van der Waals surface area (Å²) >= 11 is 6.41. The van der Waals surface area contributed by atoms with Crippen molar-refractivity contribution in [3.05, 3.63) is 76.3 Å². The molecule has 0 bridgehead atoms. The van der Waals surface area contributed by atoms with Crippen molar-refractivity contribution in [2.24, 2.45) is 0 Å². The van der Waals surface area contributed by atoms with Crippen molar-refractivity contribution in [3.63, 3.8) is 0 Å². The highest BCUT2D eigenvalue weighted by atomic mass is 35.5. The minimum atomic E-state index is -0.228. The van der Waals surface area contributed by atoms with Crippen LogP contribution in [0.1, 0.15) is 40.4 Å². The number of halogens is 2. The number of nitrogens with one attached hydrogen (secondary N) is 1. The number of aromatic nitrogens is 2. The number of para-hydroxylation sites is 1. The van der Waals surface area contributed by atoms with E-state index in [-0.39, 0.29) is 17.6 Å². The van der Waals surface area contributed by atoms with E-state index in [2.05, 4.69) is 10.4 Å². The van der Waals surface area contributed by atoms with Gasteiger partial charge in [-0.25, -0.2) is 9.07 Å². The Morgan fingerprint density at radius 3 is 2.47 bits per heavy atom. The predicted octanol–water partition coefficient (Wildman–Crippen LogP) is 4.40. The number of rotatable bonds is 4. The number of hydrogen-bond donors (Lipinski definition) is 1. The third-order valence-electron chi connectivity index (χ3n) is 6.99. The summed E-state index contributed by atoms with van der Waals surface area (Å²) in [4.78, 5) is 17.6. The maximum absolute atomic E-state index is 14.2. The Labute approximate surface area is 204 Å². The maximum atomic E-state index is 14.2. The summed E-state index contributed by atoms with van der Waals surface area (Å²) < 4.78 is 16.1. The molecule has 0 atom stereocenters. The molecule has 2 aliphatic heterocycles. The summed E-state index contributed by atoms with van der Waals surface area (Å²) in [6.07, 6.45) is 3.61. The van der Waals surface area contributed by atoms with Crippen LogP contribution in [-0.4, -0.2) is 59.9 Å². The zero-order chi connectivity index (χ0) is 23.7. The lowest BCUT2D eigenvalue weighted by Gasteiger charge is -2.36. The van der Waals surface area contributed by atoms with Gasteiger partial charge in [0, 0.05) is 37.1 Å². The number of piperidine rings is 1. The molecule has 0 saturated carbocycles. The van der Waals surface area contributed by atoms with Gasteiger partial charge in [-0.3, -0.25) is 4.79 Å². The van der Waals surface area contributed by atoms with Gasteiger partial charge in [-0.15, -0.1) is 0 Å². The summed E-state index contributed by atoms with van der Waals surface area (Å²) in [5.41, 5.74) is 4.07. The van der Waals surface area contributed by atoms with E-state index in [0.717, 1.165) is 42.9 Å². The summed E-state index contributed by atoms with van der Waals surface area (Å²) in [7, 11) is 0. The normalized spacial score (nSPS) is 17.3. The third-order valence-corrected chi connectivity index (χ3v) is 7.40. The van der Waals surface area contributed by atoms with Gasteiger partial charge in [-0.2, -0.15) is 5.10 Å². The molecule has 8 heteroatoms. The molecule has 178 valence electrons. The minimum Gasteiger partial charge on any atom is -0.366 e. The quantitative estimate of drug-likeness (QED) is 0.600. The van der Waals surface area contributed by atoms with Gasteiger partial charge in [0.1, 0.15) is 5.82 Å². The van der Waals surface area contributed by atoms with E-state index in [9.17, 15) is 9.18 Å². The molecule has 1 amide bonds. The number of benzene rings is 2. The third kappa shape index (κ3) is 4.30. The van der Waals surface area contributed by atoms with Crippen molar-refractivity contribution in [1.29, 1.82) is 0 Å². The van der Waals surface area contributed by atoms with Crippen LogP contribution in [0.25, 0.3) is 5.69 Å². The molecule has 2 aliphatic rings. The van der Waals surface area contributed by atoms with Gasteiger partial charge in [0.2, 0.25) is 0 Å². The lowest BCUT2D eigenvalue weighted by atomic mass is 9.91. The molecule has 3 heterocycles. The SMILES string of the molecule is Cc1c(Cl)cccc1-n1ncc(C(=O)N2CCN(c3ccccc3F)CC2)c1C1CCNCC1. The van der Waals surface area contributed by atoms with Crippen LogP contribution >= 0.6 is 11.6 Å². The van der Waals surface area contributed by atoms with Crippen molar-refractivity contribution >= 4 is 23.2 Å². The Morgan fingerprint density at radius 2 is 1.74 bits per heavy atom. The highest BCUT2D eigenvalue weighted by molar-refractivity contribution is 6.31. The highest BCUT2D eigenvalue weighted by Gasteiger charge is 2.31. The Hall–Kier alpha value is -2.90. The summed E-state index contributed by atoms with van der Waals surface area (Å²) in [5, 5.41) is 8.78. The minimum absolute atomic E-state index is 0.00681. The van der Waals surface area contributed by atoms with Crippen molar-refractivity contribution < 1.29 is 9.18 Å². The smallest absolute Gasteiger partial charge is 0.257 e. The largest absolute Gasteiger partial charge is 0.366 e. The molecule has 5 rings (SSSR count). The fraction of sp³-hybridized carbons (Fsp3) is 0.385. The molecule has 1 aromatic heterocycles. The summed E-state index contributed by atoms with van der Waals surface area (Å²) in [5.74, 6) is 0.00192. The zero-order valence-electron chi connectivity index (χ0n) is 19.3. The second-order valence-electron chi connectivity index (χ2n) is 8.99. The topological polar surface area (TPSA) is 53.4 Å². The molecule has 2 aromatic carbocycles. The average Bonchev–Trinajstić information content (AvgIpc) is 3.31. The standard InChI is InChI=1S/C26H29ClFN5O/c1-18-21(27)5-4-8-23(18)33-25(19-9-11-29-12-10-19)20(17-30-33)26(34)32-15-13-31(14-16-32)24-7-3-2-6-22(24)28/h2-8,17,19,29H,9-16H2,1H3. The second kappa shape index (κ2) is 9.76. The van der Waals surface area contributed by atoms with Gasteiger partial charge >= 0.3 is 0 Å². The van der Waals surface area contributed by atoms with E-state index in [4.69, 9.17) is 11.6 Å². The van der Waals surface area contributed by atoms with Crippen LogP contribution in [0.3, 0.4) is 0 Å². The first-order valence-corrected chi connectivity index (χ1v) is 12.2. The molecule has 0 radical (unpaired) electrons. The van der Waals surface area contributed by atoms with Crippen molar-refractivity contribution in [2.75, 3.05) is 44.2 Å². The molecule has 6 nitrogen and oxygen atoms in total. The van der Waals surface area contributed by atoms with E-state index in [1.54, 1.807) is 18.3 Å². The van der Waals surface area contributed by atoms with E-state index < -0.39 is 0 Å². The van der Waals surface area contributed by atoms with Crippen LogP contribution in [-0.2, 0) is 0 Å². The van der Waals surface area contributed by atoms with Crippen LogP contribution in [0.15, 0.2) is 48.7 Å². The number of piperazine rings is 1. The first-order valence-electron chi connectivity index (χ1n) is 11.9. The molecular weight excluding hydrogens is 453 g/mol. The maximum Gasteiger partial charge on any atom is 0.257 e. The van der Waals surface area contributed by atoms with Gasteiger partial charge in [-0.1, -0.05) is 29.8 Å². The molecular formula is C26H29ClFN5O. The predicted molar refractivity (Wildman–Crippen MR) is 133 cm³/mol. The second-order valence-corrected chi connectivity index (χ2v) is 9.40. The molecule has 3 aromatic rings. The summed E-state index contributed by atoms with van der Waals surface area (Å²) in [6.45, 7) is 6.09. The Morgan fingerprint density at radius 1 is 1.03 bits per heavy atom. The number of carbonyl (C=O) groups is 1. The van der Waals surface area contributed by atoms with Gasteiger partial charge in [0.15, 0.2) is 0 Å². The van der Waals surface area contributed by atoms with Crippen LogP contribution in [0.2, 0.25) is 5.02 Å². The molecule has 0 unspecified atom stereocenters. The number of hydrogen-bond acceptors (Lipinski definition) is 4. The highest BCUT2D eigenvalue weighted by Crippen LogP contribution is 2.33. The van der Waals surface area contributed by atoms with Crippen LogP contribution in [0.4, 0.5) is 10.1 Å². The van der Waals surface area contributed by atoms with Crippen LogP contribution in [0, 0.1) is 12.7 Å². The van der Waals surface area contributed by atoms with E-state index >= 15 is 0 Å². The molecule has 34 heavy (non-hydrogen) atoms. The van der Waals surface area contributed by atoms with Crippen molar-refractivity contribution in [2.45, 2.75) is 25.7 Å². The summed E-state index contributed by atoms with van der Waals surface area (Å²) in [6, 6.07) is 12.6. The fourth-order valence-electron chi connectivity index (χ4n) is 5.06. The lowest BCUT2D eigenvalue weighted by molar-refractivity contribution is 0.0744. The Kier molecular flexibility index (Phi) is 6.57. The van der Waals surface area contributed by atoms with Gasteiger partial charge in [0.05, 0.1) is 28.8 Å². The van der Waals surface area contributed by atoms with Gasteiger partial charge < -0.3 is 15.1 Å². The van der Waals surface area contributed by atoms with Crippen molar-refractivity contribution in [1.82, 2.24) is 20.0 Å². The molecule has 0 spiro atoms. The van der Waals surface area contributed by atoms with Crippen LogP contribution in [0.5, 0.6) is 0 Å². The monoisotopic (exact) mass is 481 g/mol. The van der Waals surface area contributed by atoms with E-state index in [1.165, 1.54) is 6.07 Å². The fourth-order valence-corrected chi connectivity index (χ4v) is 5.23. The van der Waals surface area contributed by atoms with Crippen LogP contribution < -0.4 is 10.2 Å². The Balaban J connectivity index is 1.43.